The highest BCUT2D eigenvalue weighted by Crippen LogP contribution is 2.18. The Labute approximate surface area is 142 Å². The summed E-state index contributed by atoms with van der Waals surface area (Å²) in [6.07, 6.45) is 0.701. The summed E-state index contributed by atoms with van der Waals surface area (Å²) >= 11 is 0. The minimum Gasteiger partial charge on any atom is -0.496 e. The molecule has 0 spiro atoms. The molecule has 0 saturated heterocycles. The smallest absolute Gasteiger partial charge is 0.239 e. The summed E-state index contributed by atoms with van der Waals surface area (Å²) in [5, 5.41) is 14.8. The molecule has 1 atom stereocenters. The minimum absolute atomic E-state index is 0.00318. The third kappa shape index (κ3) is 5.03. The van der Waals surface area contributed by atoms with Crippen LogP contribution in [0.1, 0.15) is 18.1 Å². The molecule has 0 bridgehead atoms. The van der Waals surface area contributed by atoms with E-state index in [4.69, 9.17) is 10.00 Å². The number of carbonyl (C=O) groups excluding carboxylic acids is 1. The van der Waals surface area contributed by atoms with Crippen molar-refractivity contribution >= 4 is 11.6 Å². The second kappa shape index (κ2) is 8.59. The summed E-state index contributed by atoms with van der Waals surface area (Å²) < 4.78 is 5.33. The second-order valence-electron chi connectivity index (χ2n) is 5.53. The number of ether oxygens (including phenoxy) is 1. The maximum Gasteiger partial charge on any atom is 0.239 e. The van der Waals surface area contributed by atoms with Crippen molar-refractivity contribution in [2.45, 2.75) is 19.4 Å². The minimum atomic E-state index is -0.0817. The summed E-state index contributed by atoms with van der Waals surface area (Å²) in [6.45, 7) is 2.15. The standard InChI is InChI=1S/C19H21N3O2/c1-14(11-16-5-3-4-6-18(16)24-2)22-19(23)13-21-17-9-7-15(12-20)8-10-17/h3-10,14,21H,11,13H2,1-2H3,(H,22,23). The van der Waals surface area contributed by atoms with Crippen molar-refractivity contribution in [1.82, 2.24) is 5.32 Å². The summed E-state index contributed by atoms with van der Waals surface area (Å²) in [7, 11) is 1.64. The summed E-state index contributed by atoms with van der Waals surface area (Å²) in [4.78, 5) is 12.0. The maximum atomic E-state index is 12.0. The highest BCUT2D eigenvalue weighted by Gasteiger charge is 2.10. The van der Waals surface area contributed by atoms with E-state index in [1.165, 1.54) is 0 Å². The molecule has 5 heteroatoms. The third-order valence-corrected chi connectivity index (χ3v) is 3.59. The maximum absolute atomic E-state index is 12.0. The molecule has 1 amide bonds. The fourth-order valence-electron chi connectivity index (χ4n) is 2.42. The van der Waals surface area contributed by atoms with Gasteiger partial charge in [0, 0.05) is 11.7 Å². The molecule has 0 fully saturated rings. The Kier molecular flexibility index (Phi) is 6.21. The van der Waals surface area contributed by atoms with Crippen molar-refractivity contribution in [1.29, 1.82) is 5.26 Å². The summed E-state index contributed by atoms with van der Waals surface area (Å²) in [5.41, 5.74) is 2.46. The number of para-hydroxylation sites is 1. The van der Waals surface area contributed by atoms with Gasteiger partial charge in [0.1, 0.15) is 5.75 Å². The van der Waals surface area contributed by atoms with Crippen LogP contribution in [-0.2, 0) is 11.2 Å². The quantitative estimate of drug-likeness (QED) is 0.821. The van der Waals surface area contributed by atoms with E-state index >= 15 is 0 Å². The predicted molar refractivity (Wildman–Crippen MR) is 93.9 cm³/mol. The first-order valence-corrected chi connectivity index (χ1v) is 7.77. The molecule has 124 valence electrons. The van der Waals surface area contributed by atoms with Gasteiger partial charge in [-0.25, -0.2) is 0 Å². The Hall–Kier alpha value is -3.00. The van der Waals surface area contributed by atoms with Crippen LogP contribution >= 0.6 is 0 Å². The van der Waals surface area contributed by atoms with Gasteiger partial charge in [0.2, 0.25) is 5.91 Å². The monoisotopic (exact) mass is 323 g/mol. The Morgan fingerprint density at radius 2 is 1.92 bits per heavy atom. The zero-order valence-corrected chi connectivity index (χ0v) is 13.9. The third-order valence-electron chi connectivity index (χ3n) is 3.59. The Morgan fingerprint density at radius 3 is 2.58 bits per heavy atom. The molecule has 0 radical (unpaired) electrons. The molecule has 5 nitrogen and oxygen atoms in total. The van der Waals surface area contributed by atoms with Gasteiger partial charge < -0.3 is 15.4 Å². The molecular formula is C19H21N3O2. The van der Waals surface area contributed by atoms with Crippen molar-refractivity contribution in [2.75, 3.05) is 19.0 Å². The topological polar surface area (TPSA) is 74.2 Å². The van der Waals surface area contributed by atoms with Gasteiger partial charge in [0.05, 0.1) is 25.3 Å². The van der Waals surface area contributed by atoms with Crippen LogP contribution in [0, 0.1) is 11.3 Å². The molecule has 0 aliphatic heterocycles. The van der Waals surface area contributed by atoms with Crippen LogP contribution in [0.15, 0.2) is 48.5 Å². The molecule has 0 heterocycles. The average Bonchev–Trinajstić information content (AvgIpc) is 2.60. The molecule has 0 aromatic heterocycles. The number of rotatable bonds is 7. The molecule has 2 aromatic rings. The molecular weight excluding hydrogens is 302 g/mol. The number of nitriles is 1. The number of carbonyl (C=O) groups is 1. The van der Waals surface area contributed by atoms with E-state index < -0.39 is 0 Å². The van der Waals surface area contributed by atoms with Gasteiger partial charge in [-0.2, -0.15) is 5.26 Å². The summed E-state index contributed by atoms with van der Waals surface area (Å²) in [5.74, 6) is 0.746. The van der Waals surface area contributed by atoms with Crippen molar-refractivity contribution in [2.24, 2.45) is 0 Å². The van der Waals surface area contributed by atoms with Gasteiger partial charge in [-0.1, -0.05) is 18.2 Å². The van der Waals surface area contributed by atoms with Gasteiger partial charge in [-0.15, -0.1) is 0 Å². The lowest BCUT2D eigenvalue weighted by Gasteiger charge is -2.16. The zero-order valence-electron chi connectivity index (χ0n) is 13.9. The van der Waals surface area contributed by atoms with Crippen LogP contribution < -0.4 is 15.4 Å². The van der Waals surface area contributed by atoms with Crippen LogP contribution in [0.2, 0.25) is 0 Å². The van der Waals surface area contributed by atoms with Gasteiger partial charge in [-0.05, 0) is 49.2 Å². The number of hydrogen-bond acceptors (Lipinski definition) is 4. The van der Waals surface area contributed by atoms with E-state index in [1.54, 1.807) is 31.4 Å². The number of anilines is 1. The number of nitrogens with zero attached hydrogens (tertiary/aromatic N) is 1. The van der Waals surface area contributed by atoms with E-state index in [0.717, 1.165) is 17.0 Å². The number of nitrogens with one attached hydrogen (secondary N) is 2. The highest BCUT2D eigenvalue weighted by atomic mass is 16.5. The first kappa shape index (κ1) is 17.4. The Bertz CT molecular complexity index is 720. The Balaban J connectivity index is 1.82. The molecule has 0 saturated carbocycles. The predicted octanol–water partition coefficient (Wildman–Crippen LogP) is 2.73. The molecule has 2 aromatic carbocycles. The first-order valence-electron chi connectivity index (χ1n) is 7.77. The molecule has 1 unspecified atom stereocenters. The molecule has 24 heavy (non-hydrogen) atoms. The zero-order chi connectivity index (χ0) is 17.4. The number of methoxy groups -OCH3 is 1. The van der Waals surface area contributed by atoms with E-state index in [1.807, 2.05) is 31.2 Å². The van der Waals surface area contributed by atoms with Crippen LogP contribution in [0.25, 0.3) is 0 Å². The van der Waals surface area contributed by atoms with Crippen LogP contribution in [0.4, 0.5) is 5.69 Å². The lowest BCUT2D eigenvalue weighted by Crippen LogP contribution is -2.37. The van der Waals surface area contributed by atoms with Crippen molar-refractivity contribution in [3.8, 4) is 11.8 Å². The summed E-state index contributed by atoms with van der Waals surface area (Å²) in [6, 6.07) is 16.8. The molecule has 2 rings (SSSR count). The molecule has 0 aliphatic rings. The fraction of sp³-hybridized carbons (Fsp3) is 0.263. The van der Waals surface area contributed by atoms with E-state index in [9.17, 15) is 4.79 Å². The molecule has 2 N–H and O–H groups in total. The lowest BCUT2D eigenvalue weighted by molar-refractivity contribution is -0.119. The van der Waals surface area contributed by atoms with Gasteiger partial charge in [0.25, 0.3) is 0 Å². The normalized spacial score (nSPS) is 11.2. The van der Waals surface area contributed by atoms with E-state index in [-0.39, 0.29) is 18.5 Å². The Morgan fingerprint density at radius 1 is 1.21 bits per heavy atom. The van der Waals surface area contributed by atoms with Crippen LogP contribution in [0.3, 0.4) is 0 Å². The fourth-order valence-corrected chi connectivity index (χ4v) is 2.42. The average molecular weight is 323 g/mol. The molecule has 0 aliphatic carbocycles. The number of benzene rings is 2. The number of amides is 1. The van der Waals surface area contributed by atoms with Crippen LogP contribution in [-0.4, -0.2) is 25.6 Å². The second-order valence-corrected chi connectivity index (χ2v) is 5.53. The highest BCUT2D eigenvalue weighted by molar-refractivity contribution is 5.81. The SMILES string of the molecule is COc1ccccc1CC(C)NC(=O)CNc1ccc(C#N)cc1. The largest absolute Gasteiger partial charge is 0.496 e. The van der Waals surface area contributed by atoms with Crippen LogP contribution in [0.5, 0.6) is 5.75 Å². The van der Waals surface area contributed by atoms with Gasteiger partial charge >= 0.3 is 0 Å². The lowest BCUT2D eigenvalue weighted by atomic mass is 10.1. The van der Waals surface area contributed by atoms with Crippen molar-refractivity contribution in [3.63, 3.8) is 0 Å². The van der Waals surface area contributed by atoms with E-state index in [2.05, 4.69) is 16.7 Å². The van der Waals surface area contributed by atoms with Crippen molar-refractivity contribution in [3.05, 3.63) is 59.7 Å². The first-order chi connectivity index (χ1) is 11.6. The van der Waals surface area contributed by atoms with Crippen molar-refractivity contribution < 1.29 is 9.53 Å². The number of hydrogen-bond donors (Lipinski definition) is 2. The van der Waals surface area contributed by atoms with Gasteiger partial charge in [-0.3, -0.25) is 4.79 Å². The van der Waals surface area contributed by atoms with Gasteiger partial charge in [0.15, 0.2) is 0 Å². The van der Waals surface area contributed by atoms with E-state index in [0.29, 0.717) is 12.0 Å².